The second-order valence-electron chi connectivity index (χ2n) is 7.00. The molecule has 1 saturated carbocycles. The number of imide groups is 1. The summed E-state index contributed by atoms with van der Waals surface area (Å²) in [5.74, 6) is -0.472. The second-order valence-corrected chi connectivity index (χ2v) is 7.00. The van der Waals surface area contributed by atoms with E-state index in [1.807, 2.05) is 38.1 Å². The maximum absolute atomic E-state index is 12.7. The van der Waals surface area contributed by atoms with Crippen molar-refractivity contribution >= 4 is 23.4 Å². The summed E-state index contributed by atoms with van der Waals surface area (Å²) in [5, 5.41) is 0. The van der Waals surface area contributed by atoms with Crippen LogP contribution in [0.2, 0.25) is 0 Å². The molecule has 0 aromatic heterocycles. The van der Waals surface area contributed by atoms with Gasteiger partial charge in [0.15, 0.2) is 0 Å². The van der Waals surface area contributed by atoms with E-state index in [4.69, 9.17) is 0 Å². The van der Waals surface area contributed by atoms with Gasteiger partial charge >= 0.3 is 0 Å². The molecule has 0 spiro atoms. The van der Waals surface area contributed by atoms with Crippen molar-refractivity contribution in [2.45, 2.75) is 46.0 Å². The third-order valence-electron chi connectivity index (χ3n) is 5.51. The van der Waals surface area contributed by atoms with Gasteiger partial charge in [0, 0.05) is 25.2 Å². The monoisotopic (exact) mass is 342 g/mol. The van der Waals surface area contributed by atoms with E-state index >= 15 is 0 Å². The highest BCUT2D eigenvalue weighted by Crippen LogP contribution is 2.38. The van der Waals surface area contributed by atoms with Gasteiger partial charge in [-0.25, -0.2) is 0 Å². The van der Waals surface area contributed by atoms with Crippen LogP contribution in [-0.2, 0) is 14.4 Å². The number of aryl methyl sites for hydroxylation is 1. The molecule has 0 N–H and O–H groups in total. The molecule has 25 heavy (non-hydrogen) atoms. The number of amides is 3. The number of fused-ring (bicyclic) bond motifs is 1. The Morgan fingerprint density at radius 1 is 1.12 bits per heavy atom. The van der Waals surface area contributed by atoms with E-state index in [0.29, 0.717) is 6.54 Å². The molecule has 1 aliphatic carbocycles. The molecule has 2 fully saturated rings. The quantitative estimate of drug-likeness (QED) is 0.773. The van der Waals surface area contributed by atoms with Crippen molar-refractivity contribution in [3.05, 3.63) is 29.8 Å². The number of hydrogen-bond acceptors (Lipinski definition) is 3. The maximum atomic E-state index is 12.7. The first kappa shape index (κ1) is 17.6. The molecule has 5 nitrogen and oxygen atoms in total. The fourth-order valence-corrected chi connectivity index (χ4v) is 4.14. The lowest BCUT2D eigenvalue weighted by Gasteiger charge is -2.24. The van der Waals surface area contributed by atoms with Crippen LogP contribution in [0.4, 0.5) is 5.69 Å². The highest BCUT2D eigenvalue weighted by molar-refractivity contribution is 6.05. The number of carbonyl (C=O) groups excluding carboxylic acids is 3. The minimum atomic E-state index is -0.144. The standard InChI is InChI=1S/C20H26N2O3/c1-3-21(17-11-7-4-8-14(17)2)18(23)12-13-22-19(24)15-9-5-6-10-16(15)20(22)25/h4,7-8,11,15-16H,3,5-6,9-10,12-13H2,1-2H3. The first-order valence-electron chi connectivity index (χ1n) is 9.25. The van der Waals surface area contributed by atoms with Gasteiger partial charge in [-0.2, -0.15) is 0 Å². The van der Waals surface area contributed by atoms with Crippen LogP contribution in [-0.4, -0.2) is 35.7 Å². The first-order chi connectivity index (χ1) is 12.0. The van der Waals surface area contributed by atoms with Gasteiger partial charge in [0.1, 0.15) is 0 Å². The van der Waals surface area contributed by atoms with Gasteiger partial charge in [0.25, 0.3) is 0 Å². The van der Waals surface area contributed by atoms with E-state index in [-0.39, 0.29) is 42.5 Å². The molecule has 2 aliphatic rings. The zero-order chi connectivity index (χ0) is 18.0. The van der Waals surface area contributed by atoms with E-state index in [0.717, 1.165) is 36.9 Å². The normalized spacial score (nSPS) is 22.9. The zero-order valence-corrected chi connectivity index (χ0v) is 15.0. The predicted octanol–water partition coefficient (Wildman–Crippen LogP) is 2.91. The molecule has 1 aliphatic heterocycles. The number of para-hydroxylation sites is 1. The molecule has 3 rings (SSSR count). The van der Waals surface area contributed by atoms with Crippen LogP contribution < -0.4 is 4.90 Å². The Bertz CT molecular complexity index is 661. The predicted molar refractivity (Wildman–Crippen MR) is 96.0 cm³/mol. The van der Waals surface area contributed by atoms with Gasteiger partial charge < -0.3 is 4.90 Å². The summed E-state index contributed by atoms with van der Waals surface area (Å²) in [5.41, 5.74) is 1.93. The lowest BCUT2D eigenvalue weighted by molar-refractivity contribution is -0.140. The molecule has 1 aromatic carbocycles. The van der Waals surface area contributed by atoms with Crippen molar-refractivity contribution in [1.29, 1.82) is 0 Å². The Morgan fingerprint density at radius 3 is 2.28 bits per heavy atom. The molecular weight excluding hydrogens is 316 g/mol. The molecule has 2 unspecified atom stereocenters. The molecule has 5 heteroatoms. The summed E-state index contributed by atoms with van der Waals surface area (Å²) in [4.78, 5) is 40.8. The molecule has 0 radical (unpaired) electrons. The Hall–Kier alpha value is -2.17. The van der Waals surface area contributed by atoms with Crippen LogP contribution in [0.1, 0.15) is 44.6 Å². The number of likely N-dealkylation sites (tertiary alicyclic amines) is 1. The van der Waals surface area contributed by atoms with Crippen LogP contribution in [0.5, 0.6) is 0 Å². The summed E-state index contributed by atoms with van der Waals surface area (Å²) in [7, 11) is 0. The lowest BCUT2D eigenvalue weighted by atomic mass is 9.81. The molecular formula is C20H26N2O3. The van der Waals surface area contributed by atoms with Gasteiger partial charge in [0.05, 0.1) is 11.8 Å². The summed E-state index contributed by atoms with van der Waals surface area (Å²) >= 11 is 0. The number of benzene rings is 1. The average molecular weight is 342 g/mol. The van der Waals surface area contributed by atoms with Crippen molar-refractivity contribution < 1.29 is 14.4 Å². The average Bonchev–Trinajstić information content (AvgIpc) is 2.87. The highest BCUT2D eigenvalue weighted by Gasteiger charge is 2.47. The summed E-state index contributed by atoms with van der Waals surface area (Å²) < 4.78 is 0. The molecule has 0 bridgehead atoms. The summed E-state index contributed by atoms with van der Waals surface area (Å²) in [6.07, 6.45) is 3.83. The van der Waals surface area contributed by atoms with Gasteiger partial charge in [-0.15, -0.1) is 0 Å². The van der Waals surface area contributed by atoms with Crippen LogP contribution in [0.25, 0.3) is 0 Å². The van der Waals surface area contributed by atoms with Gasteiger partial charge in [0.2, 0.25) is 17.7 Å². The number of anilines is 1. The maximum Gasteiger partial charge on any atom is 0.233 e. The zero-order valence-electron chi connectivity index (χ0n) is 15.0. The Kier molecular flexibility index (Phi) is 5.21. The first-order valence-corrected chi connectivity index (χ1v) is 9.25. The van der Waals surface area contributed by atoms with Gasteiger partial charge in [-0.3, -0.25) is 19.3 Å². The fraction of sp³-hybridized carbons (Fsp3) is 0.550. The Labute approximate surface area is 149 Å². The van der Waals surface area contributed by atoms with E-state index in [1.54, 1.807) is 4.90 Å². The van der Waals surface area contributed by atoms with E-state index in [1.165, 1.54) is 4.90 Å². The molecule has 1 saturated heterocycles. The second kappa shape index (κ2) is 7.38. The summed E-state index contributed by atoms with van der Waals surface area (Å²) in [6, 6.07) is 7.76. The molecule has 3 amide bonds. The van der Waals surface area contributed by atoms with Crippen molar-refractivity contribution in [2.75, 3.05) is 18.0 Å². The third-order valence-corrected chi connectivity index (χ3v) is 5.51. The Balaban J connectivity index is 1.66. The van der Waals surface area contributed by atoms with Crippen molar-refractivity contribution in [2.24, 2.45) is 11.8 Å². The fourth-order valence-electron chi connectivity index (χ4n) is 4.14. The SMILES string of the molecule is CCN(C(=O)CCN1C(=O)C2CCCCC2C1=O)c1ccccc1C. The van der Waals surface area contributed by atoms with E-state index in [9.17, 15) is 14.4 Å². The van der Waals surface area contributed by atoms with Crippen LogP contribution in [0.3, 0.4) is 0 Å². The highest BCUT2D eigenvalue weighted by atomic mass is 16.2. The smallest absolute Gasteiger partial charge is 0.233 e. The van der Waals surface area contributed by atoms with Crippen molar-refractivity contribution in [3.8, 4) is 0 Å². The van der Waals surface area contributed by atoms with Gasteiger partial charge in [-0.1, -0.05) is 31.0 Å². The van der Waals surface area contributed by atoms with E-state index < -0.39 is 0 Å². The molecule has 1 aromatic rings. The number of carbonyl (C=O) groups is 3. The van der Waals surface area contributed by atoms with Gasteiger partial charge in [-0.05, 0) is 38.3 Å². The third kappa shape index (κ3) is 3.32. The van der Waals surface area contributed by atoms with Crippen LogP contribution in [0, 0.1) is 18.8 Å². The minimum absolute atomic E-state index is 0.0488. The number of rotatable bonds is 5. The number of hydrogen-bond donors (Lipinski definition) is 0. The topological polar surface area (TPSA) is 57.7 Å². The number of nitrogens with zero attached hydrogens (tertiary/aromatic N) is 2. The van der Waals surface area contributed by atoms with Crippen molar-refractivity contribution in [1.82, 2.24) is 4.90 Å². The lowest BCUT2D eigenvalue weighted by Crippen LogP contribution is -2.37. The minimum Gasteiger partial charge on any atom is -0.312 e. The van der Waals surface area contributed by atoms with E-state index in [2.05, 4.69) is 0 Å². The van der Waals surface area contributed by atoms with Crippen LogP contribution in [0.15, 0.2) is 24.3 Å². The van der Waals surface area contributed by atoms with Crippen LogP contribution >= 0.6 is 0 Å². The molecule has 2 atom stereocenters. The largest absolute Gasteiger partial charge is 0.312 e. The van der Waals surface area contributed by atoms with Crippen molar-refractivity contribution in [3.63, 3.8) is 0 Å². The molecule has 134 valence electrons. The summed E-state index contributed by atoms with van der Waals surface area (Å²) in [6.45, 7) is 4.68. The molecule has 1 heterocycles. The Morgan fingerprint density at radius 2 is 1.72 bits per heavy atom.